The fraction of sp³-hybridized carbons (Fsp3) is 0.375. The third-order valence-corrected chi connectivity index (χ3v) is 1.80. The van der Waals surface area contributed by atoms with E-state index in [1.54, 1.807) is 12.7 Å². The molecule has 0 saturated carbocycles. The number of nitrogens with one attached hydrogen (secondary N) is 1. The van der Waals surface area contributed by atoms with E-state index < -0.39 is 0 Å². The molecule has 0 bridgehead atoms. The standard InChI is InChI=1S/C8H10N4.H2/c1-5(2)6-7-8(11-3-9-6)12-4-10-7;/h3-5H,1-2H3,(H,9,10,11,12);1H. The molecule has 0 amide bonds. The summed E-state index contributed by atoms with van der Waals surface area (Å²) < 4.78 is 0. The number of rotatable bonds is 1. The van der Waals surface area contributed by atoms with E-state index in [4.69, 9.17) is 0 Å². The maximum atomic E-state index is 4.20. The Balaban J connectivity index is 0.000000845. The van der Waals surface area contributed by atoms with Gasteiger partial charge in [-0.1, -0.05) is 13.8 Å². The van der Waals surface area contributed by atoms with E-state index in [9.17, 15) is 0 Å². The molecule has 2 aromatic rings. The second kappa shape index (κ2) is 2.55. The molecule has 4 heteroatoms. The molecular formula is C8H12N4. The lowest BCUT2D eigenvalue weighted by molar-refractivity contribution is 0.825. The first-order valence-electron chi connectivity index (χ1n) is 3.93. The van der Waals surface area contributed by atoms with E-state index in [1.807, 2.05) is 0 Å². The fourth-order valence-electron chi connectivity index (χ4n) is 1.22. The number of aromatic nitrogens is 4. The predicted octanol–water partition coefficient (Wildman–Crippen LogP) is 1.72. The van der Waals surface area contributed by atoms with Gasteiger partial charge in [0.05, 0.1) is 12.0 Å². The zero-order chi connectivity index (χ0) is 8.55. The van der Waals surface area contributed by atoms with Crippen molar-refractivity contribution in [3.8, 4) is 0 Å². The first-order chi connectivity index (χ1) is 5.79. The van der Waals surface area contributed by atoms with E-state index in [1.165, 1.54) is 0 Å². The van der Waals surface area contributed by atoms with E-state index in [0.717, 1.165) is 16.9 Å². The quantitative estimate of drug-likeness (QED) is 0.698. The molecule has 1 N–H and O–H groups in total. The number of H-pyrrole nitrogens is 1. The van der Waals surface area contributed by atoms with Crippen LogP contribution in [0, 0.1) is 0 Å². The molecule has 64 valence electrons. The maximum Gasteiger partial charge on any atom is 0.180 e. The Hall–Kier alpha value is -1.45. The molecule has 0 aliphatic heterocycles. The van der Waals surface area contributed by atoms with Gasteiger partial charge in [-0.2, -0.15) is 0 Å². The van der Waals surface area contributed by atoms with Gasteiger partial charge in [0.2, 0.25) is 0 Å². The number of nitrogens with zero attached hydrogens (tertiary/aromatic N) is 3. The van der Waals surface area contributed by atoms with Gasteiger partial charge < -0.3 is 4.98 Å². The van der Waals surface area contributed by atoms with Crippen LogP contribution in [0.5, 0.6) is 0 Å². The average Bonchev–Trinajstić information content (AvgIpc) is 2.49. The van der Waals surface area contributed by atoms with Crippen molar-refractivity contribution in [2.45, 2.75) is 19.8 Å². The van der Waals surface area contributed by atoms with Gasteiger partial charge in [-0.05, 0) is 5.92 Å². The smallest absolute Gasteiger partial charge is 0.180 e. The minimum absolute atomic E-state index is 0. The van der Waals surface area contributed by atoms with Crippen molar-refractivity contribution in [2.24, 2.45) is 0 Å². The van der Waals surface area contributed by atoms with Gasteiger partial charge in [-0.25, -0.2) is 15.0 Å². The summed E-state index contributed by atoms with van der Waals surface area (Å²) in [5.41, 5.74) is 2.72. The fourth-order valence-corrected chi connectivity index (χ4v) is 1.22. The molecule has 0 aliphatic carbocycles. The topological polar surface area (TPSA) is 54.5 Å². The van der Waals surface area contributed by atoms with Gasteiger partial charge in [0.1, 0.15) is 11.8 Å². The summed E-state index contributed by atoms with van der Waals surface area (Å²) in [5, 5.41) is 0. The number of hydrogen-bond donors (Lipinski definition) is 1. The Morgan fingerprint density at radius 1 is 1.33 bits per heavy atom. The Kier molecular flexibility index (Phi) is 1.53. The minimum atomic E-state index is 0. The summed E-state index contributed by atoms with van der Waals surface area (Å²) >= 11 is 0. The molecule has 0 atom stereocenters. The van der Waals surface area contributed by atoms with Crippen LogP contribution in [0.4, 0.5) is 0 Å². The van der Waals surface area contributed by atoms with Crippen LogP contribution in [0.2, 0.25) is 0 Å². The molecule has 0 radical (unpaired) electrons. The lowest BCUT2D eigenvalue weighted by Crippen LogP contribution is -1.94. The summed E-state index contributed by atoms with van der Waals surface area (Å²) in [6.07, 6.45) is 3.20. The van der Waals surface area contributed by atoms with Gasteiger partial charge in [0.15, 0.2) is 5.65 Å². The highest BCUT2D eigenvalue weighted by Crippen LogP contribution is 2.17. The number of imidazole rings is 1. The van der Waals surface area contributed by atoms with Gasteiger partial charge in [0.25, 0.3) is 0 Å². The van der Waals surface area contributed by atoms with Crippen LogP contribution in [0.1, 0.15) is 26.9 Å². The van der Waals surface area contributed by atoms with Crippen LogP contribution in [0.25, 0.3) is 11.2 Å². The summed E-state index contributed by atoms with van der Waals surface area (Å²) in [6, 6.07) is 0. The van der Waals surface area contributed by atoms with Crippen molar-refractivity contribution >= 4 is 11.2 Å². The van der Waals surface area contributed by atoms with E-state index in [2.05, 4.69) is 33.8 Å². The third kappa shape index (κ3) is 0.958. The molecule has 0 spiro atoms. The predicted molar refractivity (Wildman–Crippen MR) is 47.9 cm³/mol. The van der Waals surface area contributed by atoms with Crippen molar-refractivity contribution in [2.75, 3.05) is 0 Å². The van der Waals surface area contributed by atoms with Crippen LogP contribution in [-0.4, -0.2) is 19.9 Å². The summed E-state index contributed by atoms with van der Waals surface area (Å²) in [4.78, 5) is 15.3. The molecule has 12 heavy (non-hydrogen) atoms. The summed E-state index contributed by atoms with van der Waals surface area (Å²) in [6.45, 7) is 4.20. The van der Waals surface area contributed by atoms with Crippen LogP contribution < -0.4 is 0 Å². The molecular weight excluding hydrogens is 152 g/mol. The third-order valence-electron chi connectivity index (χ3n) is 1.80. The van der Waals surface area contributed by atoms with Crippen LogP contribution in [-0.2, 0) is 0 Å². The van der Waals surface area contributed by atoms with Crippen LogP contribution in [0.15, 0.2) is 12.7 Å². The Labute approximate surface area is 71.6 Å². The van der Waals surface area contributed by atoms with Crippen molar-refractivity contribution in [1.82, 2.24) is 19.9 Å². The molecule has 2 rings (SSSR count). The van der Waals surface area contributed by atoms with Crippen LogP contribution >= 0.6 is 0 Å². The monoisotopic (exact) mass is 164 g/mol. The highest BCUT2D eigenvalue weighted by atomic mass is 15.0. The summed E-state index contributed by atoms with van der Waals surface area (Å²) in [7, 11) is 0. The highest BCUT2D eigenvalue weighted by Gasteiger charge is 2.07. The van der Waals surface area contributed by atoms with Crippen molar-refractivity contribution < 1.29 is 1.43 Å². The zero-order valence-electron chi connectivity index (χ0n) is 7.07. The van der Waals surface area contributed by atoms with E-state index >= 15 is 0 Å². The second-order valence-electron chi connectivity index (χ2n) is 3.01. The molecule has 2 aromatic heterocycles. The largest absolute Gasteiger partial charge is 0.342 e. The molecule has 2 heterocycles. The number of aromatic amines is 1. The Morgan fingerprint density at radius 3 is 2.92 bits per heavy atom. The number of fused-ring (bicyclic) bond motifs is 1. The Bertz CT molecular complexity index is 396. The molecule has 0 aliphatic rings. The van der Waals surface area contributed by atoms with Crippen LogP contribution in [0.3, 0.4) is 0 Å². The first kappa shape index (κ1) is 7.21. The lowest BCUT2D eigenvalue weighted by atomic mass is 10.1. The maximum absolute atomic E-state index is 4.20. The minimum Gasteiger partial charge on any atom is -0.342 e. The van der Waals surface area contributed by atoms with E-state index in [0.29, 0.717) is 5.92 Å². The van der Waals surface area contributed by atoms with Crippen molar-refractivity contribution in [1.29, 1.82) is 0 Å². The molecule has 0 unspecified atom stereocenters. The molecule has 4 nitrogen and oxygen atoms in total. The Morgan fingerprint density at radius 2 is 2.17 bits per heavy atom. The SMILES string of the molecule is CC(C)c1ncnc2nc[nH]c12.[HH]. The second-order valence-corrected chi connectivity index (χ2v) is 3.01. The number of hydrogen-bond acceptors (Lipinski definition) is 3. The van der Waals surface area contributed by atoms with Gasteiger partial charge in [-0.3, -0.25) is 0 Å². The van der Waals surface area contributed by atoms with Gasteiger partial charge >= 0.3 is 0 Å². The van der Waals surface area contributed by atoms with Gasteiger partial charge in [-0.15, -0.1) is 0 Å². The molecule has 0 fully saturated rings. The highest BCUT2D eigenvalue weighted by molar-refractivity contribution is 5.72. The van der Waals surface area contributed by atoms with E-state index in [-0.39, 0.29) is 1.43 Å². The summed E-state index contributed by atoms with van der Waals surface area (Å²) in [5.74, 6) is 0.399. The lowest BCUT2D eigenvalue weighted by Gasteiger charge is -2.02. The average molecular weight is 164 g/mol. The van der Waals surface area contributed by atoms with Gasteiger partial charge in [0, 0.05) is 1.43 Å². The normalized spacial score (nSPS) is 11.2. The molecule has 0 aromatic carbocycles. The van der Waals surface area contributed by atoms with Crippen molar-refractivity contribution in [3.63, 3.8) is 0 Å². The van der Waals surface area contributed by atoms with Crippen molar-refractivity contribution in [3.05, 3.63) is 18.3 Å². The first-order valence-corrected chi connectivity index (χ1v) is 3.93. The zero-order valence-corrected chi connectivity index (χ0v) is 7.07. The molecule has 0 saturated heterocycles.